The van der Waals surface area contributed by atoms with E-state index in [2.05, 4.69) is 204 Å². The summed E-state index contributed by atoms with van der Waals surface area (Å²) in [5, 5.41) is 5.08. The van der Waals surface area contributed by atoms with E-state index in [0.29, 0.717) is 5.92 Å². The first kappa shape index (κ1) is 33.0. The minimum atomic E-state index is 0.148. The topological polar surface area (TPSA) is 3.24 Å². The van der Waals surface area contributed by atoms with Crippen molar-refractivity contribution >= 4 is 38.6 Å². The van der Waals surface area contributed by atoms with Crippen molar-refractivity contribution in [1.82, 2.24) is 0 Å². The van der Waals surface area contributed by atoms with Gasteiger partial charge in [-0.1, -0.05) is 132 Å². The molecule has 0 aromatic heterocycles. The fourth-order valence-electron chi connectivity index (χ4n) is 8.00. The van der Waals surface area contributed by atoms with Crippen LogP contribution in [-0.4, -0.2) is 0 Å². The van der Waals surface area contributed by atoms with Crippen LogP contribution in [0.1, 0.15) is 57.2 Å². The third-order valence-electron chi connectivity index (χ3n) is 11.2. The van der Waals surface area contributed by atoms with E-state index >= 15 is 0 Å². The Bertz CT molecular complexity index is 2670. The van der Waals surface area contributed by atoms with Crippen molar-refractivity contribution in [3.05, 3.63) is 174 Å². The normalized spacial score (nSPS) is 12.1. The molecule has 0 saturated carbocycles. The molecule has 8 aromatic rings. The number of anilines is 3. The van der Waals surface area contributed by atoms with Crippen LogP contribution >= 0.6 is 0 Å². The summed E-state index contributed by atoms with van der Waals surface area (Å²) in [7, 11) is 0. The summed E-state index contributed by atoms with van der Waals surface area (Å²) >= 11 is 0. The molecule has 258 valence electrons. The monoisotopic (exact) mass is 683 g/mol. The predicted molar refractivity (Wildman–Crippen MR) is 229 cm³/mol. The highest BCUT2D eigenvalue weighted by molar-refractivity contribution is 6.12. The molecule has 0 spiro atoms. The van der Waals surface area contributed by atoms with Gasteiger partial charge in [-0.15, -0.1) is 0 Å². The lowest BCUT2D eigenvalue weighted by atomic mass is 9.77. The van der Waals surface area contributed by atoms with Crippen LogP contribution in [0, 0.1) is 6.92 Å². The van der Waals surface area contributed by atoms with Crippen LogP contribution in [0.3, 0.4) is 0 Å². The van der Waals surface area contributed by atoms with Gasteiger partial charge in [0.05, 0.1) is 0 Å². The Balaban J connectivity index is 1.11. The lowest BCUT2D eigenvalue weighted by Crippen LogP contribution is -2.12. The van der Waals surface area contributed by atoms with Crippen molar-refractivity contribution in [3.63, 3.8) is 0 Å². The molecule has 53 heavy (non-hydrogen) atoms. The number of fused-ring (bicyclic) bond motifs is 6. The number of hydrogen-bond acceptors (Lipinski definition) is 1. The second-order valence-electron chi connectivity index (χ2n) is 16.2. The van der Waals surface area contributed by atoms with Crippen LogP contribution < -0.4 is 4.90 Å². The van der Waals surface area contributed by atoms with Gasteiger partial charge in [-0.25, -0.2) is 0 Å². The summed E-state index contributed by atoms with van der Waals surface area (Å²) in [6.07, 6.45) is 0. The largest absolute Gasteiger partial charge is 0.310 e. The van der Waals surface area contributed by atoms with E-state index in [1.165, 1.54) is 88.4 Å². The number of aryl methyl sites for hydroxylation is 1. The lowest BCUT2D eigenvalue weighted by molar-refractivity contribution is 0.590. The molecule has 1 heteroatoms. The molecule has 0 atom stereocenters. The molecule has 0 fully saturated rings. The highest BCUT2D eigenvalue weighted by Gasteiger charge is 2.25. The fraction of sp³-hybridized carbons (Fsp3) is 0.154. The first-order valence-corrected chi connectivity index (χ1v) is 18.9. The molecule has 1 aliphatic rings. The summed E-state index contributed by atoms with van der Waals surface area (Å²) < 4.78 is 0. The minimum Gasteiger partial charge on any atom is -0.310 e. The van der Waals surface area contributed by atoms with E-state index < -0.39 is 0 Å². The molecule has 9 rings (SSSR count). The molecule has 0 amide bonds. The molecular formula is C52H45N. The molecule has 0 unspecified atom stereocenters. The van der Waals surface area contributed by atoms with Crippen LogP contribution in [0.5, 0.6) is 0 Å². The van der Waals surface area contributed by atoms with Crippen molar-refractivity contribution in [3.8, 4) is 44.5 Å². The zero-order chi connectivity index (χ0) is 36.4. The molecule has 1 nitrogen and oxygen atoms in total. The maximum Gasteiger partial charge on any atom is 0.0493 e. The Morgan fingerprint density at radius 3 is 1.64 bits per heavy atom. The van der Waals surface area contributed by atoms with Gasteiger partial charge in [0.25, 0.3) is 0 Å². The third kappa shape index (κ3) is 5.91. The average Bonchev–Trinajstić information content (AvgIpc) is 3.17. The molecule has 0 aliphatic heterocycles. The van der Waals surface area contributed by atoms with E-state index in [1.807, 2.05) is 0 Å². The molecular weight excluding hydrogens is 639 g/mol. The second kappa shape index (κ2) is 12.6. The number of benzene rings is 8. The van der Waals surface area contributed by atoms with E-state index in [1.54, 1.807) is 0 Å². The number of hydrogen-bond donors (Lipinski definition) is 0. The zero-order valence-corrected chi connectivity index (χ0v) is 31.5. The van der Waals surface area contributed by atoms with E-state index in [0.717, 1.165) is 11.4 Å². The van der Waals surface area contributed by atoms with Gasteiger partial charge in [0, 0.05) is 17.1 Å². The van der Waals surface area contributed by atoms with Crippen molar-refractivity contribution < 1.29 is 0 Å². The number of rotatable bonds is 6. The standard InChI is InChI=1S/C52H45N/c1-33(2)37-16-15-34(3)51(32-37)53(45-14-10-13-38(26-45)35-11-8-7-9-12-35)46-24-21-41-29-48-49-30-42-25-39(36-19-22-44(23-20-36)52(4,5)6)17-18-40(42)28-47(49)50(48)31-43(41)27-46/h7-33H,1-6H3. The molecule has 0 radical (unpaired) electrons. The van der Waals surface area contributed by atoms with Gasteiger partial charge in [-0.3, -0.25) is 0 Å². The molecule has 0 N–H and O–H groups in total. The second-order valence-corrected chi connectivity index (χ2v) is 16.2. The van der Waals surface area contributed by atoms with Gasteiger partial charge < -0.3 is 4.90 Å². The van der Waals surface area contributed by atoms with Gasteiger partial charge in [0.15, 0.2) is 0 Å². The first-order chi connectivity index (χ1) is 25.6. The Kier molecular flexibility index (Phi) is 7.86. The van der Waals surface area contributed by atoms with Crippen LogP contribution in [0.2, 0.25) is 0 Å². The molecule has 0 heterocycles. The molecule has 8 aromatic carbocycles. The lowest BCUT2D eigenvalue weighted by Gasteiger charge is -2.29. The Labute approximate surface area is 314 Å². The summed E-state index contributed by atoms with van der Waals surface area (Å²) in [6.45, 7) is 13.6. The van der Waals surface area contributed by atoms with Gasteiger partial charge in [0.2, 0.25) is 0 Å². The summed E-state index contributed by atoms with van der Waals surface area (Å²) in [4.78, 5) is 2.45. The molecule has 0 bridgehead atoms. The van der Waals surface area contributed by atoms with Crippen LogP contribution in [0.4, 0.5) is 17.1 Å². The maximum absolute atomic E-state index is 2.45. The Hall–Kier alpha value is -5.92. The van der Waals surface area contributed by atoms with Crippen LogP contribution in [0.25, 0.3) is 66.1 Å². The van der Waals surface area contributed by atoms with Gasteiger partial charge >= 0.3 is 0 Å². The zero-order valence-electron chi connectivity index (χ0n) is 31.5. The first-order valence-electron chi connectivity index (χ1n) is 18.9. The minimum absolute atomic E-state index is 0.148. The summed E-state index contributed by atoms with van der Waals surface area (Å²) in [5.74, 6) is 0.435. The summed E-state index contributed by atoms with van der Waals surface area (Å²) in [6, 6.07) is 59.1. The Morgan fingerprint density at radius 1 is 0.434 bits per heavy atom. The average molecular weight is 684 g/mol. The number of nitrogens with zero attached hydrogens (tertiary/aromatic N) is 1. The van der Waals surface area contributed by atoms with Crippen LogP contribution in [0.15, 0.2) is 158 Å². The fourth-order valence-corrected chi connectivity index (χ4v) is 8.00. The Morgan fingerprint density at radius 2 is 0.981 bits per heavy atom. The van der Waals surface area contributed by atoms with E-state index in [-0.39, 0.29) is 5.41 Å². The smallest absolute Gasteiger partial charge is 0.0493 e. The van der Waals surface area contributed by atoms with Gasteiger partial charge in [-0.05, 0) is 162 Å². The predicted octanol–water partition coefficient (Wildman–Crippen LogP) is 15.2. The van der Waals surface area contributed by atoms with Crippen LogP contribution in [-0.2, 0) is 5.41 Å². The van der Waals surface area contributed by atoms with E-state index in [4.69, 9.17) is 0 Å². The highest BCUT2D eigenvalue weighted by Crippen LogP contribution is 2.51. The van der Waals surface area contributed by atoms with Crippen molar-refractivity contribution in [2.75, 3.05) is 4.90 Å². The highest BCUT2D eigenvalue weighted by atomic mass is 15.1. The van der Waals surface area contributed by atoms with Gasteiger partial charge in [0.1, 0.15) is 0 Å². The van der Waals surface area contributed by atoms with Crippen molar-refractivity contribution in [1.29, 1.82) is 0 Å². The quantitative estimate of drug-likeness (QED) is 0.169. The van der Waals surface area contributed by atoms with Crippen molar-refractivity contribution in [2.45, 2.75) is 52.9 Å². The molecule has 1 aliphatic carbocycles. The maximum atomic E-state index is 2.45. The molecule has 0 saturated heterocycles. The SMILES string of the molecule is Cc1ccc(C(C)C)cc1N(c1cccc(-c2ccccc2)c1)c1ccc2cc3c(cc2c1)-c1cc2ccc(-c4ccc(C(C)(C)C)cc4)cc2cc1-3. The summed E-state index contributed by atoms with van der Waals surface area (Å²) in [5.41, 5.74) is 17.9. The van der Waals surface area contributed by atoms with Crippen molar-refractivity contribution in [2.24, 2.45) is 0 Å². The van der Waals surface area contributed by atoms with E-state index in [9.17, 15) is 0 Å². The van der Waals surface area contributed by atoms with Gasteiger partial charge in [-0.2, -0.15) is 0 Å². The third-order valence-corrected chi connectivity index (χ3v) is 11.2.